The first kappa shape index (κ1) is 23.9. The van der Waals surface area contributed by atoms with Crippen molar-refractivity contribution in [2.24, 2.45) is 0 Å². The lowest BCUT2D eigenvalue weighted by Gasteiger charge is -2.12. The summed E-state index contributed by atoms with van der Waals surface area (Å²) in [6.45, 7) is 0. The van der Waals surface area contributed by atoms with Crippen LogP contribution in [0.3, 0.4) is 0 Å². The number of pyridine rings is 2. The summed E-state index contributed by atoms with van der Waals surface area (Å²) in [5.74, 6) is 0. The molecule has 3 aromatic heterocycles. The van der Waals surface area contributed by atoms with Gasteiger partial charge < -0.3 is 4.42 Å². The van der Waals surface area contributed by atoms with Crippen molar-refractivity contribution in [2.45, 2.75) is 0 Å². The molecule has 0 bridgehead atoms. The Morgan fingerprint density at radius 3 is 1.84 bits per heavy atom. The molecule has 9 aromatic rings. The third-order valence-corrected chi connectivity index (χ3v) is 8.46. The Kier molecular flexibility index (Phi) is 5.20. The van der Waals surface area contributed by atoms with Crippen LogP contribution >= 0.6 is 0 Å². The van der Waals surface area contributed by atoms with Gasteiger partial charge in [0, 0.05) is 32.7 Å². The number of para-hydroxylation sites is 1. The summed E-state index contributed by atoms with van der Waals surface area (Å²) < 4.78 is 6.09. The minimum absolute atomic E-state index is 0.894. The smallest absolute Gasteiger partial charge is 0.135 e. The third-order valence-electron chi connectivity index (χ3n) is 8.46. The third kappa shape index (κ3) is 3.90. The molecule has 0 spiro atoms. The maximum absolute atomic E-state index is 6.09. The maximum atomic E-state index is 6.09. The molecule has 6 aromatic carbocycles. The second kappa shape index (κ2) is 9.37. The van der Waals surface area contributed by atoms with Gasteiger partial charge in [0.15, 0.2) is 0 Å². The van der Waals surface area contributed by atoms with Crippen molar-refractivity contribution < 1.29 is 4.42 Å². The largest absolute Gasteiger partial charge is 0.456 e. The van der Waals surface area contributed by atoms with Crippen LogP contribution in [0, 0.1) is 0 Å². The normalized spacial score (nSPS) is 11.7. The monoisotopic (exact) mass is 548 g/mol. The average molecular weight is 549 g/mol. The van der Waals surface area contributed by atoms with Crippen LogP contribution in [0.2, 0.25) is 0 Å². The lowest BCUT2D eigenvalue weighted by atomic mass is 9.95. The van der Waals surface area contributed by atoms with E-state index in [-0.39, 0.29) is 0 Å². The van der Waals surface area contributed by atoms with Crippen molar-refractivity contribution in [1.82, 2.24) is 9.97 Å². The highest BCUT2D eigenvalue weighted by atomic mass is 16.3. The zero-order valence-corrected chi connectivity index (χ0v) is 23.2. The molecule has 0 atom stereocenters. The maximum Gasteiger partial charge on any atom is 0.135 e. The van der Waals surface area contributed by atoms with Crippen LogP contribution in [0.1, 0.15) is 0 Å². The lowest BCUT2D eigenvalue weighted by Crippen LogP contribution is -1.92. The van der Waals surface area contributed by atoms with E-state index in [9.17, 15) is 0 Å². The fraction of sp³-hybridized carbons (Fsp3) is 0. The zero-order valence-electron chi connectivity index (χ0n) is 23.2. The van der Waals surface area contributed by atoms with Crippen LogP contribution in [0.25, 0.3) is 88.2 Å². The molecule has 43 heavy (non-hydrogen) atoms. The minimum Gasteiger partial charge on any atom is -0.456 e. The average Bonchev–Trinajstić information content (AvgIpc) is 3.45. The molecule has 0 amide bonds. The van der Waals surface area contributed by atoms with E-state index in [2.05, 4.69) is 133 Å². The van der Waals surface area contributed by atoms with Crippen LogP contribution in [0.15, 0.2) is 150 Å². The number of nitrogens with zero attached hydrogens (tertiary/aromatic N) is 2. The summed E-state index contributed by atoms with van der Waals surface area (Å²) in [7, 11) is 0. The van der Waals surface area contributed by atoms with Gasteiger partial charge in [-0.15, -0.1) is 0 Å². The van der Waals surface area contributed by atoms with Gasteiger partial charge in [-0.1, -0.05) is 109 Å². The van der Waals surface area contributed by atoms with Gasteiger partial charge in [0.2, 0.25) is 0 Å². The zero-order chi connectivity index (χ0) is 28.3. The Hall–Kier alpha value is -5.80. The number of rotatable bonds is 3. The standard InChI is InChI=1S/C40H24N2O/c1-2-8-28-23-30(16-13-25(28)7-1)35-20-17-26-14-15-27-18-21-36(42-40(27)39(26)41-35)32-10-4-3-9-31(32)29-19-22-38-34(24-29)33-11-5-6-12-37(33)43-38/h1-24H. The Morgan fingerprint density at radius 1 is 0.372 bits per heavy atom. The van der Waals surface area contributed by atoms with Crippen LogP contribution in [0.4, 0.5) is 0 Å². The molecule has 200 valence electrons. The van der Waals surface area contributed by atoms with E-state index in [1.165, 1.54) is 10.8 Å². The fourth-order valence-corrected chi connectivity index (χ4v) is 6.28. The van der Waals surface area contributed by atoms with Gasteiger partial charge in [-0.2, -0.15) is 0 Å². The number of hydrogen-bond acceptors (Lipinski definition) is 3. The molecule has 0 aliphatic carbocycles. The van der Waals surface area contributed by atoms with Crippen LogP contribution in [-0.2, 0) is 0 Å². The highest BCUT2D eigenvalue weighted by Crippen LogP contribution is 2.37. The number of fused-ring (bicyclic) bond motifs is 7. The van der Waals surface area contributed by atoms with E-state index < -0.39 is 0 Å². The van der Waals surface area contributed by atoms with Crippen LogP contribution < -0.4 is 0 Å². The minimum atomic E-state index is 0.894. The quantitative estimate of drug-likeness (QED) is 0.206. The fourth-order valence-electron chi connectivity index (χ4n) is 6.28. The summed E-state index contributed by atoms with van der Waals surface area (Å²) in [5, 5.41) is 6.82. The predicted octanol–water partition coefficient (Wildman–Crippen LogP) is 10.8. The molecular formula is C40H24N2O. The topological polar surface area (TPSA) is 38.9 Å². The Bertz CT molecular complexity index is 2520. The summed E-state index contributed by atoms with van der Waals surface area (Å²) in [6.07, 6.45) is 0. The van der Waals surface area contributed by atoms with Gasteiger partial charge in [0.05, 0.1) is 22.4 Å². The number of benzene rings is 6. The number of aromatic nitrogens is 2. The molecule has 0 saturated heterocycles. The van der Waals surface area contributed by atoms with Gasteiger partial charge >= 0.3 is 0 Å². The molecule has 3 heteroatoms. The summed E-state index contributed by atoms with van der Waals surface area (Å²) in [6, 6.07) is 50.9. The van der Waals surface area contributed by atoms with E-state index >= 15 is 0 Å². The van der Waals surface area contributed by atoms with Gasteiger partial charge in [0.1, 0.15) is 11.2 Å². The molecule has 0 saturated carbocycles. The second-order valence-corrected chi connectivity index (χ2v) is 11.0. The molecular weight excluding hydrogens is 524 g/mol. The van der Waals surface area contributed by atoms with E-state index in [4.69, 9.17) is 14.4 Å². The van der Waals surface area contributed by atoms with Crippen molar-refractivity contribution in [2.75, 3.05) is 0 Å². The highest BCUT2D eigenvalue weighted by molar-refractivity contribution is 6.07. The van der Waals surface area contributed by atoms with Crippen molar-refractivity contribution in [1.29, 1.82) is 0 Å². The molecule has 0 radical (unpaired) electrons. The van der Waals surface area contributed by atoms with Crippen molar-refractivity contribution >= 4 is 54.5 Å². The first-order chi connectivity index (χ1) is 21.3. The molecule has 0 aliphatic heterocycles. The molecule has 3 nitrogen and oxygen atoms in total. The lowest BCUT2D eigenvalue weighted by molar-refractivity contribution is 0.669. The Balaban J connectivity index is 1.20. The first-order valence-corrected chi connectivity index (χ1v) is 14.5. The van der Waals surface area contributed by atoms with E-state index in [0.717, 1.165) is 77.4 Å². The molecule has 3 heterocycles. The molecule has 9 rings (SSSR count). The summed E-state index contributed by atoms with van der Waals surface area (Å²) in [4.78, 5) is 10.4. The summed E-state index contributed by atoms with van der Waals surface area (Å²) >= 11 is 0. The molecule has 0 fully saturated rings. The van der Waals surface area contributed by atoms with Crippen LogP contribution in [-0.4, -0.2) is 9.97 Å². The highest BCUT2D eigenvalue weighted by Gasteiger charge is 2.14. The Labute approximate surface area is 247 Å². The van der Waals surface area contributed by atoms with Gasteiger partial charge in [-0.3, -0.25) is 0 Å². The Morgan fingerprint density at radius 2 is 0.977 bits per heavy atom. The van der Waals surface area contributed by atoms with Crippen molar-refractivity contribution in [3.63, 3.8) is 0 Å². The SMILES string of the molecule is c1ccc(-c2ccc3ccc4ccc(-c5ccc6ccccc6c5)nc4c3n2)c(-c2ccc3oc4ccccc4c3c2)c1. The van der Waals surface area contributed by atoms with Crippen molar-refractivity contribution in [3.05, 3.63) is 146 Å². The van der Waals surface area contributed by atoms with Gasteiger partial charge in [-0.05, 0) is 58.3 Å². The second-order valence-electron chi connectivity index (χ2n) is 11.0. The number of hydrogen-bond donors (Lipinski definition) is 0. The number of furan rings is 1. The summed E-state index contributed by atoms with van der Waals surface area (Å²) in [5.41, 5.74) is 9.92. The van der Waals surface area contributed by atoms with Gasteiger partial charge in [0.25, 0.3) is 0 Å². The first-order valence-electron chi connectivity index (χ1n) is 14.5. The van der Waals surface area contributed by atoms with E-state index in [1.807, 2.05) is 12.1 Å². The van der Waals surface area contributed by atoms with Crippen LogP contribution in [0.5, 0.6) is 0 Å². The van der Waals surface area contributed by atoms with Gasteiger partial charge in [-0.25, -0.2) is 9.97 Å². The van der Waals surface area contributed by atoms with Crippen molar-refractivity contribution in [3.8, 4) is 33.6 Å². The van der Waals surface area contributed by atoms with E-state index in [1.54, 1.807) is 0 Å². The molecule has 0 N–H and O–H groups in total. The molecule has 0 unspecified atom stereocenters. The molecule has 0 aliphatic rings. The predicted molar refractivity (Wildman–Crippen MR) is 178 cm³/mol. The van der Waals surface area contributed by atoms with E-state index in [0.29, 0.717) is 0 Å².